The normalized spacial score (nSPS) is 9.45. The van der Waals surface area contributed by atoms with E-state index in [1.54, 1.807) is 20.3 Å². The lowest BCUT2D eigenvalue weighted by molar-refractivity contribution is 0.412. The van der Waals surface area contributed by atoms with Gasteiger partial charge in [-0.25, -0.2) is 0 Å². The lowest BCUT2D eigenvalue weighted by Crippen LogP contribution is -1.88. The van der Waals surface area contributed by atoms with Gasteiger partial charge in [0.25, 0.3) is 0 Å². The van der Waals surface area contributed by atoms with Gasteiger partial charge in [0.05, 0.1) is 23.2 Å². The predicted molar refractivity (Wildman–Crippen MR) is 90.5 cm³/mol. The molecule has 20 heavy (non-hydrogen) atoms. The number of ether oxygens (including phenoxy) is 2. The zero-order chi connectivity index (χ0) is 15.1. The average molecular weight is 403 g/mol. The number of halogens is 2. The summed E-state index contributed by atoms with van der Waals surface area (Å²) in [7, 11) is 3.28. The largest absolute Gasteiger partial charge is 0.496 e. The van der Waals surface area contributed by atoms with Crippen LogP contribution in [0.1, 0.15) is 5.56 Å². The average Bonchev–Trinajstić information content (AvgIpc) is 2.44. The second-order valence-corrected chi connectivity index (χ2v) is 5.74. The maximum absolute atomic E-state index is 5.50. The van der Waals surface area contributed by atoms with Crippen LogP contribution in [0.2, 0.25) is 0 Å². The number of nitrogen functional groups attached to an aromatic ring is 1. The van der Waals surface area contributed by atoms with Crippen LogP contribution in [0.5, 0.6) is 11.5 Å². The predicted octanol–water partition coefficient (Wildman–Crippen LogP) is 4.81. The molecule has 0 bridgehead atoms. The van der Waals surface area contributed by atoms with Gasteiger partial charge >= 0.3 is 0 Å². The van der Waals surface area contributed by atoms with Crippen molar-refractivity contribution in [3.63, 3.8) is 0 Å². The van der Waals surface area contributed by atoms with E-state index in [2.05, 4.69) is 31.9 Å². The van der Waals surface area contributed by atoms with Crippen LogP contribution in [0.15, 0.2) is 45.3 Å². The Balaban J connectivity index is 0.000000200. The highest BCUT2D eigenvalue weighted by Gasteiger charge is 1.97. The smallest absolute Gasteiger partial charge is 0.135 e. The van der Waals surface area contributed by atoms with E-state index in [1.165, 1.54) is 5.56 Å². The quantitative estimate of drug-likeness (QED) is 0.733. The van der Waals surface area contributed by atoms with Gasteiger partial charge in [0.1, 0.15) is 11.5 Å². The van der Waals surface area contributed by atoms with E-state index in [0.717, 1.165) is 20.4 Å². The summed E-state index contributed by atoms with van der Waals surface area (Å²) in [5.41, 5.74) is 7.42. The van der Waals surface area contributed by atoms with Crippen molar-refractivity contribution in [3.8, 4) is 11.5 Å². The molecule has 3 nitrogen and oxygen atoms in total. The Morgan fingerprint density at radius 1 is 0.850 bits per heavy atom. The standard InChI is InChI=1S/C8H9BrO.C7H8BrNO/c1-6-3-4-7(9)8(5-6)10-2;1-10-7-4-5(9)2-3-6(7)8/h3-5H,1-2H3;2-4H,9H2,1H3. The summed E-state index contributed by atoms with van der Waals surface area (Å²) < 4.78 is 12.0. The molecule has 0 saturated carbocycles. The van der Waals surface area contributed by atoms with Crippen LogP contribution in [0.25, 0.3) is 0 Å². The number of hydrogen-bond donors (Lipinski definition) is 1. The Labute approximate surface area is 136 Å². The molecule has 0 aliphatic rings. The van der Waals surface area contributed by atoms with Crippen LogP contribution in [0.3, 0.4) is 0 Å². The summed E-state index contributed by atoms with van der Waals surface area (Å²) in [6, 6.07) is 11.4. The molecular weight excluding hydrogens is 386 g/mol. The molecule has 0 saturated heterocycles. The molecule has 0 amide bonds. The van der Waals surface area contributed by atoms with Crippen molar-refractivity contribution in [1.82, 2.24) is 0 Å². The topological polar surface area (TPSA) is 44.5 Å². The second kappa shape index (κ2) is 8.17. The number of aryl methyl sites for hydroxylation is 1. The molecule has 0 spiro atoms. The number of hydrogen-bond acceptors (Lipinski definition) is 3. The van der Waals surface area contributed by atoms with Gasteiger partial charge in [-0.1, -0.05) is 6.07 Å². The fourth-order valence-electron chi connectivity index (χ4n) is 1.44. The van der Waals surface area contributed by atoms with Gasteiger partial charge in [0, 0.05) is 11.8 Å². The monoisotopic (exact) mass is 401 g/mol. The van der Waals surface area contributed by atoms with Crippen LogP contribution in [-0.2, 0) is 0 Å². The molecule has 0 aliphatic heterocycles. The fraction of sp³-hybridized carbons (Fsp3) is 0.200. The molecule has 0 aromatic heterocycles. The maximum atomic E-state index is 5.50. The van der Waals surface area contributed by atoms with Gasteiger partial charge in [-0.3, -0.25) is 0 Å². The first-order valence-corrected chi connectivity index (χ1v) is 7.45. The van der Waals surface area contributed by atoms with E-state index >= 15 is 0 Å². The van der Waals surface area contributed by atoms with E-state index in [0.29, 0.717) is 5.69 Å². The molecule has 0 heterocycles. The van der Waals surface area contributed by atoms with Crippen LogP contribution >= 0.6 is 31.9 Å². The summed E-state index contributed by atoms with van der Waals surface area (Å²) >= 11 is 6.68. The molecule has 108 valence electrons. The first-order valence-electron chi connectivity index (χ1n) is 5.87. The minimum Gasteiger partial charge on any atom is -0.496 e. The number of methoxy groups -OCH3 is 2. The van der Waals surface area contributed by atoms with Crippen molar-refractivity contribution in [2.45, 2.75) is 6.92 Å². The first kappa shape index (κ1) is 16.9. The second-order valence-electron chi connectivity index (χ2n) is 4.03. The molecule has 0 aliphatic carbocycles. The van der Waals surface area contributed by atoms with E-state index in [4.69, 9.17) is 15.2 Å². The Morgan fingerprint density at radius 2 is 1.35 bits per heavy atom. The molecule has 2 aromatic rings. The summed E-state index contributed by atoms with van der Waals surface area (Å²) in [6.45, 7) is 2.04. The SMILES string of the molecule is COc1cc(C)ccc1Br.COc1cc(N)ccc1Br. The molecule has 0 radical (unpaired) electrons. The molecule has 0 fully saturated rings. The lowest BCUT2D eigenvalue weighted by atomic mass is 10.2. The Hall–Kier alpha value is -1.20. The maximum Gasteiger partial charge on any atom is 0.135 e. The van der Waals surface area contributed by atoms with Gasteiger partial charge in [0.15, 0.2) is 0 Å². The van der Waals surface area contributed by atoms with Crippen LogP contribution in [0, 0.1) is 6.92 Å². The molecular formula is C15H17Br2NO2. The summed E-state index contributed by atoms with van der Waals surface area (Å²) in [5.74, 6) is 1.65. The van der Waals surface area contributed by atoms with Crippen molar-refractivity contribution in [1.29, 1.82) is 0 Å². The first-order chi connectivity index (χ1) is 9.47. The van der Waals surface area contributed by atoms with Gasteiger partial charge in [-0.05, 0) is 68.6 Å². The van der Waals surface area contributed by atoms with E-state index in [-0.39, 0.29) is 0 Å². The third kappa shape index (κ3) is 5.06. The van der Waals surface area contributed by atoms with Crippen LogP contribution in [0.4, 0.5) is 5.69 Å². The third-order valence-corrected chi connectivity index (χ3v) is 3.79. The van der Waals surface area contributed by atoms with Crippen molar-refractivity contribution in [2.24, 2.45) is 0 Å². The summed E-state index contributed by atoms with van der Waals surface area (Å²) in [6.07, 6.45) is 0. The lowest BCUT2D eigenvalue weighted by Gasteiger charge is -2.02. The third-order valence-electron chi connectivity index (χ3n) is 2.48. The van der Waals surface area contributed by atoms with Crippen molar-refractivity contribution in [2.75, 3.05) is 20.0 Å². The van der Waals surface area contributed by atoms with E-state index < -0.39 is 0 Å². The summed E-state index contributed by atoms with van der Waals surface area (Å²) in [5, 5.41) is 0. The number of benzene rings is 2. The van der Waals surface area contributed by atoms with Gasteiger partial charge < -0.3 is 15.2 Å². The van der Waals surface area contributed by atoms with Crippen molar-refractivity contribution >= 4 is 37.5 Å². The zero-order valence-electron chi connectivity index (χ0n) is 11.6. The molecule has 2 N–H and O–H groups in total. The van der Waals surface area contributed by atoms with Gasteiger partial charge in [-0.15, -0.1) is 0 Å². The van der Waals surface area contributed by atoms with Crippen molar-refractivity contribution in [3.05, 3.63) is 50.9 Å². The highest BCUT2D eigenvalue weighted by atomic mass is 79.9. The minimum absolute atomic E-state index is 0.708. The highest BCUT2D eigenvalue weighted by molar-refractivity contribution is 9.10. The van der Waals surface area contributed by atoms with Crippen molar-refractivity contribution < 1.29 is 9.47 Å². The number of anilines is 1. The van der Waals surface area contributed by atoms with Gasteiger partial charge in [-0.2, -0.15) is 0 Å². The Morgan fingerprint density at radius 3 is 1.80 bits per heavy atom. The minimum atomic E-state index is 0.708. The summed E-state index contributed by atoms with van der Waals surface area (Å²) in [4.78, 5) is 0. The molecule has 2 aromatic carbocycles. The highest BCUT2D eigenvalue weighted by Crippen LogP contribution is 2.26. The van der Waals surface area contributed by atoms with E-state index in [1.807, 2.05) is 37.3 Å². The molecule has 2 rings (SSSR count). The number of rotatable bonds is 2. The van der Waals surface area contributed by atoms with E-state index in [9.17, 15) is 0 Å². The Kier molecular flexibility index (Phi) is 6.88. The fourth-order valence-corrected chi connectivity index (χ4v) is 2.26. The molecule has 0 atom stereocenters. The Bertz CT molecular complexity index is 522. The molecule has 0 unspecified atom stereocenters. The number of nitrogens with two attached hydrogens (primary N) is 1. The molecule has 5 heteroatoms. The van der Waals surface area contributed by atoms with Crippen LogP contribution < -0.4 is 15.2 Å². The van der Waals surface area contributed by atoms with Gasteiger partial charge in [0.2, 0.25) is 0 Å². The van der Waals surface area contributed by atoms with Crippen LogP contribution in [-0.4, -0.2) is 14.2 Å². The zero-order valence-corrected chi connectivity index (χ0v) is 14.8.